The van der Waals surface area contributed by atoms with Gasteiger partial charge in [0.1, 0.15) is 11.4 Å². The Bertz CT molecular complexity index is 2290. The van der Waals surface area contributed by atoms with Crippen LogP contribution in [0.15, 0.2) is 59.5 Å². The standard InChI is InChI=1S/C38H41ClN6O5S/c1-22-34-31(45(15-14-33(47)49-6)37(22)38(48)50-7)13-12-29(39)36(34)35-23(2)43(4)41-30(35)20-42(3)19-25-17-26(44(5)40-25)21-51-27-16-24-10-8-9-11-28(24)32(46)18-27/h8-13,16-18,46H,14-15,19-21H2,1-7H3. The van der Waals surface area contributed by atoms with Gasteiger partial charge < -0.3 is 19.1 Å². The van der Waals surface area contributed by atoms with Crippen LogP contribution in [0, 0.1) is 13.8 Å². The summed E-state index contributed by atoms with van der Waals surface area (Å²) in [5.74, 6) is 0.0993. The van der Waals surface area contributed by atoms with Crippen molar-refractivity contribution in [1.29, 1.82) is 0 Å². The zero-order valence-corrected chi connectivity index (χ0v) is 31.4. The highest BCUT2D eigenvalue weighted by Gasteiger charge is 2.28. The number of benzene rings is 3. The third kappa shape index (κ3) is 7.08. The first kappa shape index (κ1) is 36.0. The van der Waals surface area contributed by atoms with Crippen LogP contribution in [-0.4, -0.2) is 67.3 Å². The Kier molecular flexibility index (Phi) is 10.5. The number of aromatic hydroxyl groups is 1. The van der Waals surface area contributed by atoms with Crippen molar-refractivity contribution in [2.24, 2.45) is 14.1 Å². The van der Waals surface area contributed by atoms with Crippen molar-refractivity contribution in [1.82, 2.24) is 29.0 Å². The summed E-state index contributed by atoms with van der Waals surface area (Å²) in [5.41, 5.74) is 7.24. The van der Waals surface area contributed by atoms with E-state index in [2.05, 4.69) is 17.0 Å². The molecule has 3 heterocycles. The molecule has 6 aromatic rings. The molecular formula is C38H41ClN6O5S. The predicted octanol–water partition coefficient (Wildman–Crippen LogP) is 7.18. The Morgan fingerprint density at radius 1 is 0.961 bits per heavy atom. The maximum atomic E-state index is 13.1. The average molecular weight is 729 g/mol. The lowest BCUT2D eigenvalue weighted by molar-refractivity contribution is -0.140. The minimum absolute atomic E-state index is 0.0879. The maximum Gasteiger partial charge on any atom is 0.354 e. The summed E-state index contributed by atoms with van der Waals surface area (Å²) >= 11 is 8.66. The summed E-state index contributed by atoms with van der Waals surface area (Å²) in [4.78, 5) is 28.4. The average Bonchev–Trinajstić information content (AvgIpc) is 3.70. The fourth-order valence-electron chi connectivity index (χ4n) is 6.74. The number of aromatic nitrogens is 5. The highest BCUT2D eigenvalue weighted by atomic mass is 35.5. The van der Waals surface area contributed by atoms with Gasteiger partial charge in [-0.3, -0.25) is 19.1 Å². The van der Waals surface area contributed by atoms with E-state index in [0.717, 1.165) is 60.5 Å². The van der Waals surface area contributed by atoms with Crippen LogP contribution in [0.25, 0.3) is 32.8 Å². The second-order valence-corrected chi connectivity index (χ2v) is 14.1. The summed E-state index contributed by atoms with van der Waals surface area (Å²) in [6.07, 6.45) is 0.0879. The predicted molar refractivity (Wildman–Crippen MR) is 200 cm³/mol. The van der Waals surface area contributed by atoms with Gasteiger partial charge in [-0.2, -0.15) is 10.2 Å². The first-order valence-electron chi connectivity index (χ1n) is 16.5. The second kappa shape index (κ2) is 14.8. The number of phenolic OH excluding ortho intramolecular Hbond substituents is 1. The number of rotatable bonds is 12. The van der Waals surface area contributed by atoms with Gasteiger partial charge in [0.25, 0.3) is 0 Å². The van der Waals surface area contributed by atoms with Gasteiger partial charge in [0.15, 0.2) is 0 Å². The normalized spacial score (nSPS) is 11.6. The minimum atomic E-state index is -0.498. The SMILES string of the molecule is COC(=O)CCn1c(C(=O)OC)c(C)c2c(-c3c(CN(C)Cc4cc(CSc5cc(O)c6ccccc6c5)n(C)n4)nn(C)c3C)c(Cl)ccc21. The number of hydrogen-bond donors (Lipinski definition) is 1. The Morgan fingerprint density at radius 2 is 1.73 bits per heavy atom. The topological polar surface area (TPSA) is 117 Å². The van der Waals surface area contributed by atoms with E-state index in [-0.39, 0.29) is 24.7 Å². The largest absolute Gasteiger partial charge is 0.507 e. The number of carbonyl (C=O) groups excluding carboxylic acids is 2. The maximum absolute atomic E-state index is 13.1. The molecule has 0 aliphatic rings. The molecular weight excluding hydrogens is 688 g/mol. The molecule has 11 nitrogen and oxygen atoms in total. The molecule has 0 saturated heterocycles. The first-order valence-corrected chi connectivity index (χ1v) is 17.8. The Labute approximate surface area is 305 Å². The molecule has 0 amide bonds. The molecule has 6 rings (SSSR count). The molecule has 51 heavy (non-hydrogen) atoms. The number of halogens is 1. The van der Waals surface area contributed by atoms with Crippen molar-refractivity contribution in [2.75, 3.05) is 21.3 Å². The fraction of sp³-hybridized carbons (Fsp3) is 0.316. The van der Waals surface area contributed by atoms with Gasteiger partial charge >= 0.3 is 11.9 Å². The van der Waals surface area contributed by atoms with Crippen LogP contribution in [-0.2, 0) is 53.8 Å². The zero-order chi connectivity index (χ0) is 36.6. The molecule has 266 valence electrons. The number of carbonyl (C=O) groups is 2. The van der Waals surface area contributed by atoms with Crippen LogP contribution in [0.1, 0.15) is 45.2 Å². The lowest BCUT2D eigenvalue weighted by atomic mass is 9.96. The number of methoxy groups -OCH3 is 2. The number of phenols is 1. The molecule has 0 unspecified atom stereocenters. The molecule has 0 radical (unpaired) electrons. The third-order valence-electron chi connectivity index (χ3n) is 9.31. The highest BCUT2D eigenvalue weighted by Crippen LogP contribution is 2.43. The van der Waals surface area contributed by atoms with Crippen LogP contribution in [0.4, 0.5) is 0 Å². The van der Waals surface area contributed by atoms with Gasteiger partial charge in [-0.15, -0.1) is 11.8 Å². The van der Waals surface area contributed by atoms with E-state index in [1.807, 2.05) is 91.4 Å². The monoisotopic (exact) mass is 728 g/mol. The van der Waals surface area contributed by atoms with E-state index in [1.54, 1.807) is 11.8 Å². The van der Waals surface area contributed by atoms with Crippen LogP contribution < -0.4 is 0 Å². The van der Waals surface area contributed by atoms with E-state index in [1.165, 1.54) is 14.2 Å². The lowest BCUT2D eigenvalue weighted by Gasteiger charge is -2.16. The van der Waals surface area contributed by atoms with Crippen LogP contribution in [0.3, 0.4) is 0 Å². The molecule has 0 spiro atoms. The van der Waals surface area contributed by atoms with Crippen LogP contribution in [0.2, 0.25) is 5.02 Å². The van der Waals surface area contributed by atoms with Gasteiger partial charge in [0.05, 0.1) is 32.0 Å². The number of aryl methyl sites for hydroxylation is 4. The van der Waals surface area contributed by atoms with E-state index < -0.39 is 5.97 Å². The fourth-order valence-corrected chi connectivity index (χ4v) is 7.98. The van der Waals surface area contributed by atoms with Crippen molar-refractivity contribution in [3.63, 3.8) is 0 Å². The third-order valence-corrected chi connectivity index (χ3v) is 10.6. The molecule has 0 bridgehead atoms. The highest BCUT2D eigenvalue weighted by molar-refractivity contribution is 7.98. The molecule has 0 saturated carbocycles. The summed E-state index contributed by atoms with van der Waals surface area (Å²) in [7, 11) is 8.57. The van der Waals surface area contributed by atoms with Gasteiger partial charge in [-0.1, -0.05) is 35.9 Å². The molecule has 0 atom stereocenters. The van der Waals surface area contributed by atoms with Crippen molar-refractivity contribution >= 4 is 57.0 Å². The molecule has 0 fully saturated rings. The number of hydrogen-bond acceptors (Lipinski definition) is 9. The lowest BCUT2D eigenvalue weighted by Crippen LogP contribution is -2.18. The van der Waals surface area contributed by atoms with Gasteiger partial charge in [0.2, 0.25) is 0 Å². The van der Waals surface area contributed by atoms with Gasteiger partial charge in [0, 0.05) is 88.2 Å². The zero-order valence-electron chi connectivity index (χ0n) is 29.8. The number of fused-ring (bicyclic) bond motifs is 2. The number of ether oxygens (including phenoxy) is 2. The Balaban J connectivity index is 1.27. The summed E-state index contributed by atoms with van der Waals surface area (Å²) in [6, 6.07) is 17.5. The number of nitrogens with zero attached hydrogens (tertiary/aromatic N) is 6. The molecule has 1 N–H and O–H groups in total. The molecule has 0 aliphatic heterocycles. The molecule has 3 aromatic heterocycles. The Hall–Kier alpha value is -4.78. The van der Waals surface area contributed by atoms with Crippen molar-refractivity contribution in [3.8, 4) is 16.9 Å². The second-order valence-electron chi connectivity index (χ2n) is 12.7. The summed E-state index contributed by atoms with van der Waals surface area (Å²) < 4.78 is 15.6. The quantitative estimate of drug-likeness (QED) is 0.103. The molecule has 13 heteroatoms. The van der Waals surface area contributed by atoms with E-state index in [0.29, 0.717) is 35.1 Å². The smallest absolute Gasteiger partial charge is 0.354 e. The van der Waals surface area contributed by atoms with Gasteiger partial charge in [-0.05, 0) is 62.2 Å². The van der Waals surface area contributed by atoms with Crippen molar-refractivity contribution in [2.45, 2.75) is 50.6 Å². The van der Waals surface area contributed by atoms with Crippen LogP contribution in [0.5, 0.6) is 5.75 Å². The van der Waals surface area contributed by atoms with Crippen molar-refractivity contribution in [3.05, 3.63) is 93.7 Å². The van der Waals surface area contributed by atoms with Crippen molar-refractivity contribution < 1.29 is 24.2 Å². The van der Waals surface area contributed by atoms with E-state index in [9.17, 15) is 14.7 Å². The van der Waals surface area contributed by atoms with Crippen LogP contribution >= 0.6 is 23.4 Å². The molecule has 3 aromatic carbocycles. The minimum Gasteiger partial charge on any atom is -0.507 e. The number of esters is 2. The van der Waals surface area contributed by atoms with E-state index >= 15 is 0 Å². The Morgan fingerprint density at radius 3 is 2.47 bits per heavy atom. The summed E-state index contributed by atoms with van der Waals surface area (Å²) in [6.45, 7) is 5.20. The first-order chi connectivity index (χ1) is 24.4. The summed E-state index contributed by atoms with van der Waals surface area (Å²) in [5, 5.41) is 23.4. The number of thioether (sulfide) groups is 1. The van der Waals surface area contributed by atoms with E-state index in [4.69, 9.17) is 31.3 Å². The molecule has 0 aliphatic carbocycles. The van der Waals surface area contributed by atoms with Gasteiger partial charge in [-0.25, -0.2) is 4.79 Å².